The molecular formula is C23H22FN5O3. The fourth-order valence-electron chi connectivity index (χ4n) is 3.39. The zero-order valence-corrected chi connectivity index (χ0v) is 17.7. The first-order chi connectivity index (χ1) is 15.5. The molecule has 0 aliphatic heterocycles. The van der Waals surface area contributed by atoms with Crippen LogP contribution in [-0.2, 0) is 17.9 Å². The second-order valence-corrected chi connectivity index (χ2v) is 7.26. The second kappa shape index (κ2) is 9.01. The average molecular weight is 435 g/mol. The van der Waals surface area contributed by atoms with Gasteiger partial charge in [0, 0.05) is 19.5 Å². The lowest BCUT2D eigenvalue weighted by Gasteiger charge is -2.11. The Bertz CT molecular complexity index is 1310. The Balaban J connectivity index is 1.46. The summed E-state index contributed by atoms with van der Waals surface area (Å²) in [7, 11) is 1.60. The molecule has 4 aromatic rings. The summed E-state index contributed by atoms with van der Waals surface area (Å²) in [6.45, 7) is 2.29. The van der Waals surface area contributed by atoms with Gasteiger partial charge < -0.3 is 10.1 Å². The standard InChI is InChI=1S/C23H22FN5O3/c1-15-27-22-20(14-26-29(22)18-7-5-17(24)6-8-18)23(31)28(15)12-11-21(30)25-13-16-3-9-19(32-2)10-4-16/h3-10,14H,11-13H2,1-2H3,(H,25,30). The van der Waals surface area contributed by atoms with Crippen molar-refractivity contribution in [1.29, 1.82) is 0 Å². The Morgan fingerprint density at radius 1 is 1.12 bits per heavy atom. The molecule has 0 saturated carbocycles. The normalized spacial score (nSPS) is 11.0. The van der Waals surface area contributed by atoms with E-state index in [1.807, 2.05) is 24.3 Å². The number of carbonyl (C=O) groups excluding carboxylic acids is 1. The van der Waals surface area contributed by atoms with Crippen LogP contribution in [0.2, 0.25) is 0 Å². The number of nitrogens with zero attached hydrogens (tertiary/aromatic N) is 4. The maximum atomic E-state index is 13.2. The predicted molar refractivity (Wildman–Crippen MR) is 117 cm³/mol. The number of fused-ring (bicyclic) bond motifs is 1. The number of aryl methyl sites for hydroxylation is 1. The summed E-state index contributed by atoms with van der Waals surface area (Å²) in [6.07, 6.45) is 1.57. The Kier molecular flexibility index (Phi) is 5.98. The third kappa shape index (κ3) is 4.36. The molecule has 0 unspecified atom stereocenters. The molecule has 4 rings (SSSR count). The Labute approximate surface area is 183 Å². The van der Waals surface area contributed by atoms with Gasteiger partial charge in [0.25, 0.3) is 5.56 Å². The lowest BCUT2D eigenvalue weighted by atomic mass is 10.2. The Morgan fingerprint density at radius 2 is 1.84 bits per heavy atom. The molecule has 2 heterocycles. The fourth-order valence-corrected chi connectivity index (χ4v) is 3.39. The second-order valence-electron chi connectivity index (χ2n) is 7.26. The van der Waals surface area contributed by atoms with Gasteiger partial charge in [-0.3, -0.25) is 14.2 Å². The van der Waals surface area contributed by atoms with Gasteiger partial charge in [0.15, 0.2) is 5.65 Å². The molecule has 2 aromatic carbocycles. The van der Waals surface area contributed by atoms with Gasteiger partial charge in [-0.15, -0.1) is 0 Å². The molecule has 0 radical (unpaired) electrons. The maximum absolute atomic E-state index is 13.2. The van der Waals surface area contributed by atoms with Crippen molar-refractivity contribution in [2.75, 3.05) is 7.11 Å². The summed E-state index contributed by atoms with van der Waals surface area (Å²) in [5.41, 5.74) is 1.66. The number of nitrogens with one attached hydrogen (secondary N) is 1. The number of amides is 1. The van der Waals surface area contributed by atoms with E-state index in [2.05, 4.69) is 15.4 Å². The molecule has 9 heteroatoms. The number of aromatic nitrogens is 4. The molecule has 2 aromatic heterocycles. The van der Waals surface area contributed by atoms with Crippen LogP contribution in [0.1, 0.15) is 17.8 Å². The monoisotopic (exact) mass is 435 g/mol. The molecule has 0 fully saturated rings. The van der Waals surface area contributed by atoms with E-state index in [0.29, 0.717) is 29.1 Å². The third-order valence-electron chi connectivity index (χ3n) is 5.16. The van der Waals surface area contributed by atoms with E-state index in [4.69, 9.17) is 4.74 Å². The minimum absolute atomic E-state index is 0.135. The van der Waals surface area contributed by atoms with Crippen molar-refractivity contribution in [2.45, 2.75) is 26.4 Å². The largest absolute Gasteiger partial charge is 0.497 e. The van der Waals surface area contributed by atoms with Crippen LogP contribution in [0.4, 0.5) is 4.39 Å². The van der Waals surface area contributed by atoms with Crippen LogP contribution in [-0.4, -0.2) is 32.3 Å². The minimum atomic E-state index is -0.359. The maximum Gasteiger partial charge on any atom is 0.264 e. The summed E-state index contributed by atoms with van der Waals surface area (Å²) in [6, 6.07) is 13.2. The number of carbonyl (C=O) groups is 1. The van der Waals surface area contributed by atoms with Crippen molar-refractivity contribution in [3.63, 3.8) is 0 Å². The molecule has 1 amide bonds. The molecule has 0 bridgehead atoms. The highest BCUT2D eigenvalue weighted by Gasteiger charge is 2.15. The number of hydrogen-bond donors (Lipinski definition) is 1. The zero-order chi connectivity index (χ0) is 22.7. The van der Waals surface area contributed by atoms with E-state index >= 15 is 0 Å². The van der Waals surface area contributed by atoms with Crippen molar-refractivity contribution in [2.24, 2.45) is 0 Å². The number of halogens is 1. The lowest BCUT2D eigenvalue weighted by molar-refractivity contribution is -0.121. The first-order valence-electron chi connectivity index (χ1n) is 10.1. The summed E-state index contributed by atoms with van der Waals surface area (Å²) in [5, 5.41) is 7.42. The smallest absolute Gasteiger partial charge is 0.264 e. The third-order valence-corrected chi connectivity index (χ3v) is 5.16. The van der Waals surface area contributed by atoms with Crippen molar-refractivity contribution < 1.29 is 13.9 Å². The van der Waals surface area contributed by atoms with Crippen molar-refractivity contribution >= 4 is 16.9 Å². The first-order valence-corrected chi connectivity index (χ1v) is 10.1. The summed E-state index contributed by atoms with van der Waals surface area (Å²) in [4.78, 5) is 29.8. The van der Waals surface area contributed by atoms with Crippen LogP contribution < -0.4 is 15.6 Å². The first kappa shape index (κ1) is 21.2. The molecule has 0 atom stereocenters. The van der Waals surface area contributed by atoms with Crippen LogP contribution >= 0.6 is 0 Å². The van der Waals surface area contributed by atoms with E-state index in [1.165, 1.54) is 27.6 Å². The quantitative estimate of drug-likeness (QED) is 0.482. The molecular weight excluding hydrogens is 413 g/mol. The number of ether oxygens (including phenoxy) is 1. The lowest BCUT2D eigenvalue weighted by Crippen LogP contribution is -2.29. The highest BCUT2D eigenvalue weighted by atomic mass is 19.1. The summed E-state index contributed by atoms with van der Waals surface area (Å²) >= 11 is 0. The highest BCUT2D eigenvalue weighted by Crippen LogP contribution is 2.15. The van der Waals surface area contributed by atoms with Gasteiger partial charge in [0.05, 0.1) is 19.0 Å². The molecule has 1 N–H and O–H groups in total. The van der Waals surface area contributed by atoms with Gasteiger partial charge in [-0.25, -0.2) is 14.1 Å². The van der Waals surface area contributed by atoms with E-state index in [1.54, 1.807) is 26.2 Å². The SMILES string of the molecule is COc1ccc(CNC(=O)CCn2c(C)nc3c(cnn3-c3ccc(F)cc3)c2=O)cc1. The highest BCUT2D eigenvalue weighted by molar-refractivity contribution is 5.76. The average Bonchev–Trinajstić information content (AvgIpc) is 3.22. The summed E-state index contributed by atoms with van der Waals surface area (Å²) < 4.78 is 21.3. The van der Waals surface area contributed by atoms with E-state index in [0.717, 1.165) is 11.3 Å². The van der Waals surface area contributed by atoms with E-state index in [-0.39, 0.29) is 30.2 Å². The van der Waals surface area contributed by atoms with E-state index in [9.17, 15) is 14.0 Å². The van der Waals surface area contributed by atoms with Crippen LogP contribution in [0.5, 0.6) is 5.75 Å². The minimum Gasteiger partial charge on any atom is -0.497 e. The topological polar surface area (TPSA) is 91.0 Å². The Hall–Kier alpha value is -4.01. The Morgan fingerprint density at radius 3 is 2.53 bits per heavy atom. The van der Waals surface area contributed by atoms with Crippen LogP contribution in [0, 0.1) is 12.7 Å². The van der Waals surface area contributed by atoms with Crippen LogP contribution in [0.15, 0.2) is 59.5 Å². The molecule has 0 saturated heterocycles. The number of benzene rings is 2. The van der Waals surface area contributed by atoms with Gasteiger partial charge in [0.2, 0.25) is 5.91 Å². The van der Waals surface area contributed by atoms with Crippen LogP contribution in [0.25, 0.3) is 16.7 Å². The van der Waals surface area contributed by atoms with Crippen LogP contribution in [0.3, 0.4) is 0 Å². The van der Waals surface area contributed by atoms with Gasteiger partial charge in [0.1, 0.15) is 22.8 Å². The number of rotatable bonds is 7. The molecule has 8 nitrogen and oxygen atoms in total. The van der Waals surface area contributed by atoms with Gasteiger partial charge in [-0.2, -0.15) is 5.10 Å². The summed E-state index contributed by atoms with van der Waals surface area (Å²) in [5.74, 6) is 0.686. The van der Waals surface area contributed by atoms with Gasteiger partial charge in [-0.1, -0.05) is 12.1 Å². The van der Waals surface area contributed by atoms with E-state index < -0.39 is 0 Å². The van der Waals surface area contributed by atoms with Gasteiger partial charge >= 0.3 is 0 Å². The molecule has 0 aliphatic carbocycles. The predicted octanol–water partition coefficient (Wildman–Crippen LogP) is 2.74. The number of hydrogen-bond acceptors (Lipinski definition) is 5. The zero-order valence-electron chi connectivity index (χ0n) is 17.7. The van der Waals surface area contributed by atoms with Crippen molar-refractivity contribution in [3.05, 3.63) is 82.3 Å². The van der Waals surface area contributed by atoms with Crippen molar-refractivity contribution in [1.82, 2.24) is 24.6 Å². The molecule has 164 valence electrons. The number of methoxy groups -OCH3 is 1. The molecule has 32 heavy (non-hydrogen) atoms. The van der Waals surface area contributed by atoms with Crippen molar-refractivity contribution in [3.8, 4) is 11.4 Å². The fraction of sp³-hybridized carbons (Fsp3) is 0.217. The molecule has 0 spiro atoms. The molecule has 0 aliphatic rings. The van der Waals surface area contributed by atoms with Gasteiger partial charge in [-0.05, 0) is 48.9 Å².